The molecule has 0 aliphatic heterocycles. The van der Waals surface area contributed by atoms with Gasteiger partial charge in [-0.1, -0.05) is 26.0 Å². The van der Waals surface area contributed by atoms with Gasteiger partial charge in [-0.25, -0.2) is 9.59 Å². The van der Waals surface area contributed by atoms with Gasteiger partial charge in [0.25, 0.3) is 0 Å². The molecular formula is C24H21NO5. The van der Waals surface area contributed by atoms with Crippen LogP contribution in [0, 0.1) is 6.92 Å². The van der Waals surface area contributed by atoms with E-state index in [1.165, 1.54) is 12.1 Å². The van der Waals surface area contributed by atoms with Crippen molar-refractivity contribution in [3.05, 3.63) is 91.6 Å². The Hall–Kier alpha value is -3.67. The van der Waals surface area contributed by atoms with Gasteiger partial charge in [0, 0.05) is 34.0 Å². The van der Waals surface area contributed by atoms with E-state index in [0.717, 1.165) is 16.5 Å². The van der Waals surface area contributed by atoms with E-state index in [2.05, 4.69) is 18.8 Å². The lowest BCUT2D eigenvalue weighted by molar-refractivity contribution is 0.0467. The number of H-pyrrole nitrogens is 1. The maximum atomic E-state index is 12.6. The molecule has 6 heteroatoms. The van der Waals surface area contributed by atoms with E-state index in [9.17, 15) is 14.4 Å². The number of aryl methyl sites for hydroxylation is 1. The summed E-state index contributed by atoms with van der Waals surface area (Å²) in [6.45, 7) is 6.03. The second kappa shape index (κ2) is 7.63. The van der Waals surface area contributed by atoms with Crippen molar-refractivity contribution in [1.29, 1.82) is 0 Å². The summed E-state index contributed by atoms with van der Waals surface area (Å²) < 4.78 is 10.8. The number of esters is 1. The minimum atomic E-state index is -0.671. The number of para-hydroxylation sites is 1. The van der Waals surface area contributed by atoms with Crippen molar-refractivity contribution in [2.24, 2.45) is 0 Å². The number of benzene rings is 2. The standard InChI is InChI=1S/C24H21NO5/c1-13(2)17-10-18-15(9-23(27)30-22(18)8-14(17)3)12-29-24(28)20-11-21(26)16-6-4-5-7-19(16)25-20/h4-11,13H,12H2,1-3H3,(H,25,26). The van der Waals surface area contributed by atoms with Crippen LogP contribution < -0.4 is 11.1 Å². The second-order valence-electron chi connectivity index (χ2n) is 7.62. The molecule has 0 amide bonds. The molecule has 152 valence electrons. The Morgan fingerprint density at radius 3 is 2.60 bits per heavy atom. The Morgan fingerprint density at radius 2 is 1.83 bits per heavy atom. The molecule has 6 nitrogen and oxygen atoms in total. The highest BCUT2D eigenvalue weighted by molar-refractivity contribution is 5.91. The SMILES string of the molecule is Cc1cc2oc(=O)cc(COC(=O)c3cc(=O)c4ccccc4[nH]3)c2cc1C(C)C. The third-order valence-electron chi connectivity index (χ3n) is 5.15. The molecule has 0 radical (unpaired) electrons. The van der Waals surface area contributed by atoms with Gasteiger partial charge in [0.15, 0.2) is 5.43 Å². The number of rotatable bonds is 4. The van der Waals surface area contributed by atoms with Gasteiger partial charge in [-0.2, -0.15) is 0 Å². The number of fused-ring (bicyclic) bond motifs is 2. The Bertz CT molecular complexity index is 1390. The van der Waals surface area contributed by atoms with Crippen LogP contribution in [0.4, 0.5) is 0 Å². The number of hydrogen-bond acceptors (Lipinski definition) is 5. The smallest absolute Gasteiger partial charge is 0.355 e. The molecule has 4 aromatic rings. The fraction of sp³-hybridized carbons (Fsp3) is 0.208. The van der Waals surface area contributed by atoms with Crippen LogP contribution in [0.2, 0.25) is 0 Å². The summed E-state index contributed by atoms with van der Waals surface area (Å²) in [4.78, 5) is 39.7. The van der Waals surface area contributed by atoms with Gasteiger partial charge in [0.1, 0.15) is 17.9 Å². The van der Waals surface area contributed by atoms with Gasteiger partial charge in [-0.15, -0.1) is 0 Å². The molecule has 2 heterocycles. The first-order valence-electron chi connectivity index (χ1n) is 9.70. The lowest BCUT2D eigenvalue weighted by Gasteiger charge is -2.13. The summed E-state index contributed by atoms with van der Waals surface area (Å²) in [5.41, 5.74) is 3.01. The molecule has 30 heavy (non-hydrogen) atoms. The van der Waals surface area contributed by atoms with Crippen LogP contribution >= 0.6 is 0 Å². The molecule has 0 saturated carbocycles. The number of aromatic amines is 1. The Balaban J connectivity index is 1.68. The third-order valence-corrected chi connectivity index (χ3v) is 5.15. The number of ether oxygens (including phenoxy) is 1. The molecule has 0 bridgehead atoms. The molecule has 2 aromatic carbocycles. The molecule has 2 aromatic heterocycles. The maximum Gasteiger partial charge on any atom is 0.355 e. The van der Waals surface area contributed by atoms with Crippen molar-refractivity contribution in [2.45, 2.75) is 33.3 Å². The molecular weight excluding hydrogens is 382 g/mol. The van der Waals surface area contributed by atoms with Gasteiger partial charge < -0.3 is 14.1 Å². The van der Waals surface area contributed by atoms with Crippen LogP contribution in [0.1, 0.15) is 46.9 Å². The average Bonchev–Trinajstić information content (AvgIpc) is 2.70. The molecule has 0 saturated heterocycles. The van der Waals surface area contributed by atoms with E-state index >= 15 is 0 Å². The van der Waals surface area contributed by atoms with Gasteiger partial charge in [0.05, 0.1) is 0 Å². The minimum Gasteiger partial charge on any atom is -0.456 e. The zero-order valence-corrected chi connectivity index (χ0v) is 16.9. The summed E-state index contributed by atoms with van der Waals surface area (Å²) in [5, 5.41) is 1.22. The van der Waals surface area contributed by atoms with Crippen LogP contribution in [0.15, 0.2) is 62.5 Å². The van der Waals surface area contributed by atoms with Crippen LogP contribution in [0.5, 0.6) is 0 Å². The minimum absolute atomic E-state index is 0.0599. The lowest BCUT2D eigenvalue weighted by atomic mass is 9.95. The summed E-state index contributed by atoms with van der Waals surface area (Å²) in [6.07, 6.45) is 0. The number of nitrogens with one attached hydrogen (secondary N) is 1. The first-order valence-corrected chi connectivity index (χ1v) is 9.70. The van der Waals surface area contributed by atoms with E-state index in [0.29, 0.717) is 28.0 Å². The first kappa shape index (κ1) is 19.6. The van der Waals surface area contributed by atoms with Crippen LogP contribution in [-0.2, 0) is 11.3 Å². The highest BCUT2D eigenvalue weighted by Gasteiger charge is 2.15. The molecule has 0 atom stereocenters. The molecule has 0 unspecified atom stereocenters. The fourth-order valence-corrected chi connectivity index (χ4v) is 3.66. The van der Waals surface area contributed by atoms with E-state index in [1.807, 2.05) is 19.1 Å². The van der Waals surface area contributed by atoms with E-state index in [-0.39, 0.29) is 17.7 Å². The highest BCUT2D eigenvalue weighted by Crippen LogP contribution is 2.27. The summed E-state index contributed by atoms with van der Waals surface area (Å²) in [6, 6.07) is 13.3. The Labute approximate surface area is 172 Å². The molecule has 0 aliphatic carbocycles. The summed E-state index contributed by atoms with van der Waals surface area (Å²) in [5.74, 6) is -0.380. The van der Waals surface area contributed by atoms with E-state index < -0.39 is 11.6 Å². The van der Waals surface area contributed by atoms with Crippen molar-refractivity contribution < 1.29 is 13.9 Å². The molecule has 0 fully saturated rings. The quantitative estimate of drug-likeness (QED) is 0.402. The van der Waals surface area contributed by atoms with Crippen LogP contribution in [-0.4, -0.2) is 11.0 Å². The van der Waals surface area contributed by atoms with Crippen LogP contribution in [0.25, 0.3) is 21.9 Å². The average molecular weight is 403 g/mol. The van der Waals surface area contributed by atoms with Crippen molar-refractivity contribution >= 4 is 27.8 Å². The highest BCUT2D eigenvalue weighted by atomic mass is 16.5. The molecule has 4 rings (SSSR count). The normalized spacial score (nSPS) is 11.3. The Kier molecular flexibility index (Phi) is 4.99. The predicted octanol–water partition coefficient (Wildman–Crippen LogP) is 4.42. The zero-order chi connectivity index (χ0) is 21.4. The lowest BCUT2D eigenvalue weighted by Crippen LogP contribution is -2.13. The monoisotopic (exact) mass is 403 g/mol. The predicted molar refractivity (Wildman–Crippen MR) is 115 cm³/mol. The second-order valence-corrected chi connectivity index (χ2v) is 7.62. The number of pyridine rings is 1. The van der Waals surface area contributed by atoms with E-state index in [1.54, 1.807) is 24.3 Å². The number of carbonyl (C=O) groups is 1. The topological polar surface area (TPSA) is 89.4 Å². The Morgan fingerprint density at radius 1 is 1.07 bits per heavy atom. The zero-order valence-electron chi connectivity index (χ0n) is 16.9. The van der Waals surface area contributed by atoms with Gasteiger partial charge in [-0.3, -0.25) is 4.79 Å². The fourth-order valence-electron chi connectivity index (χ4n) is 3.66. The van der Waals surface area contributed by atoms with Crippen molar-refractivity contribution in [2.75, 3.05) is 0 Å². The van der Waals surface area contributed by atoms with Gasteiger partial charge >= 0.3 is 11.6 Å². The summed E-state index contributed by atoms with van der Waals surface area (Å²) in [7, 11) is 0. The van der Waals surface area contributed by atoms with Gasteiger partial charge in [0.2, 0.25) is 0 Å². The largest absolute Gasteiger partial charge is 0.456 e. The number of hydrogen-bond donors (Lipinski definition) is 1. The van der Waals surface area contributed by atoms with Crippen LogP contribution in [0.3, 0.4) is 0 Å². The van der Waals surface area contributed by atoms with Crippen molar-refractivity contribution in [3.8, 4) is 0 Å². The number of carbonyl (C=O) groups excluding carboxylic acids is 1. The van der Waals surface area contributed by atoms with Crippen molar-refractivity contribution in [3.63, 3.8) is 0 Å². The van der Waals surface area contributed by atoms with Gasteiger partial charge in [-0.05, 0) is 48.2 Å². The number of aromatic nitrogens is 1. The molecule has 0 spiro atoms. The van der Waals surface area contributed by atoms with E-state index in [4.69, 9.17) is 9.15 Å². The molecule has 0 aliphatic rings. The first-order chi connectivity index (χ1) is 14.3. The van der Waals surface area contributed by atoms with Crippen molar-refractivity contribution in [1.82, 2.24) is 4.98 Å². The maximum absolute atomic E-state index is 12.6. The third kappa shape index (κ3) is 3.64. The molecule has 1 N–H and O–H groups in total. The summed E-state index contributed by atoms with van der Waals surface area (Å²) >= 11 is 0.